The zero-order valence-electron chi connectivity index (χ0n) is 13.8. The Morgan fingerprint density at radius 3 is 2.61 bits per heavy atom. The standard InChI is InChI=1S/C16H24ClN3O3/c1-16(2,3)23-15(22)20-6-4-11(5-7-20)12(10-21)13-8-18-9-14(17)19-13/h8-9,11-12,21H,4-7,10H2,1-3H3. The van der Waals surface area contributed by atoms with Crippen LogP contribution in [0.25, 0.3) is 0 Å². The zero-order chi connectivity index (χ0) is 17.0. The van der Waals surface area contributed by atoms with Gasteiger partial charge in [0.1, 0.15) is 10.8 Å². The fourth-order valence-corrected chi connectivity index (χ4v) is 2.98. The maximum Gasteiger partial charge on any atom is 0.410 e. The van der Waals surface area contributed by atoms with Gasteiger partial charge < -0.3 is 14.7 Å². The molecule has 1 aliphatic heterocycles. The van der Waals surface area contributed by atoms with Crippen molar-refractivity contribution in [3.05, 3.63) is 23.2 Å². The van der Waals surface area contributed by atoms with Crippen molar-refractivity contribution in [2.75, 3.05) is 19.7 Å². The van der Waals surface area contributed by atoms with Crippen LogP contribution in [0.3, 0.4) is 0 Å². The highest BCUT2D eigenvalue weighted by molar-refractivity contribution is 6.29. The molecular formula is C16H24ClN3O3. The van der Waals surface area contributed by atoms with Gasteiger partial charge in [0.25, 0.3) is 0 Å². The molecule has 0 radical (unpaired) electrons. The second-order valence-electron chi connectivity index (χ2n) is 6.86. The van der Waals surface area contributed by atoms with E-state index in [0.717, 1.165) is 12.8 Å². The summed E-state index contributed by atoms with van der Waals surface area (Å²) >= 11 is 5.89. The zero-order valence-corrected chi connectivity index (χ0v) is 14.6. The van der Waals surface area contributed by atoms with Crippen LogP contribution in [0, 0.1) is 5.92 Å². The molecule has 1 N–H and O–H groups in total. The number of aliphatic hydroxyl groups is 1. The van der Waals surface area contributed by atoms with Crippen molar-refractivity contribution in [3.63, 3.8) is 0 Å². The summed E-state index contributed by atoms with van der Waals surface area (Å²) in [4.78, 5) is 22.1. The van der Waals surface area contributed by atoms with E-state index >= 15 is 0 Å². The van der Waals surface area contributed by atoms with E-state index in [1.54, 1.807) is 11.1 Å². The molecule has 7 heteroatoms. The third kappa shape index (κ3) is 5.04. The van der Waals surface area contributed by atoms with Gasteiger partial charge in [0.05, 0.1) is 18.5 Å². The molecule has 1 amide bonds. The Balaban J connectivity index is 1.96. The molecule has 128 valence electrons. The number of ether oxygens (including phenoxy) is 1. The molecule has 1 unspecified atom stereocenters. The van der Waals surface area contributed by atoms with Gasteiger partial charge in [-0.2, -0.15) is 0 Å². The highest BCUT2D eigenvalue weighted by atomic mass is 35.5. The van der Waals surface area contributed by atoms with Crippen LogP contribution in [0.4, 0.5) is 4.79 Å². The van der Waals surface area contributed by atoms with Gasteiger partial charge in [-0.3, -0.25) is 4.98 Å². The number of carbonyl (C=O) groups excluding carboxylic acids is 1. The molecule has 0 aromatic carbocycles. The van der Waals surface area contributed by atoms with Crippen molar-refractivity contribution in [3.8, 4) is 0 Å². The third-order valence-electron chi connectivity index (χ3n) is 3.96. The first-order chi connectivity index (χ1) is 10.8. The molecule has 0 saturated carbocycles. The number of piperidine rings is 1. The van der Waals surface area contributed by atoms with Crippen molar-refractivity contribution >= 4 is 17.7 Å². The molecule has 1 atom stereocenters. The van der Waals surface area contributed by atoms with Crippen LogP contribution in [-0.4, -0.2) is 51.4 Å². The number of amides is 1. The number of likely N-dealkylation sites (tertiary alicyclic amines) is 1. The molecule has 1 aromatic heterocycles. The van der Waals surface area contributed by atoms with E-state index in [1.165, 1.54) is 6.20 Å². The summed E-state index contributed by atoms with van der Waals surface area (Å²) in [5.74, 6) is 0.133. The van der Waals surface area contributed by atoms with E-state index in [0.29, 0.717) is 23.9 Å². The van der Waals surface area contributed by atoms with Gasteiger partial charge in [0.2, 0.25) is 0 Å². The van der Waals surface area contributed by atoms with Crippen molar-refractivity contribution in [1.29, 1.82) is 0 Å². The molecule has 0 bridgehead atoms. The molecule has 2 rings (SSSR count). The number of rotatable bonds is 3. The smallest absolute Gasteiger partial charge is 0.410 e. The van der Waals surface area contributed by atoms with Gasteiger partial charge in [-0.1, -0.05) is 11.6 Å². The second-order valence-corrected chi connectivity index (χ2v) is 7.25. The number of carbonyl (C=O) groups is 1. The predicted octanol–water partition coefficient (Wildman–Crippen LogP) is 2.85. The summed E-state index contributed by atoms with van der Waals surface area (Å²) in [6, 6.07) is 0. The number of aliphatic hydroxyl groups excluding tert-OH is 1. The van der Waals surface area contributed by atoms with Crippen molar-refractivity contribution in [2.24, 2.45) is 5.92 Å². The van der Waals surface area contributed by atoms with Gasteiger partial charge in [-0.05, 0) is 39.5 Å². The molecule has 6 nitrogen and oxygen atoms in total. The molecule has 2 heterocycles. The van der Waals surface area contributed by atoms with E-state index < -0.39 is 5.60 Å². The summed E-state index contributed by atoms with van der Waals surface area (Å²) in [5, 5.41) is 10.1. The fourth-order valence-electron chi connectivity index (χ4n) is 2.83. The lowest BCUT2D eigenvalue weighted by Crippen LogP contribution is -2.43. The quantitative estimate of drug-likeness (QED) is 0.914. The molecule has 1 aliphatic rings. The Morgan fingerprint density at radius 2 is 2.09 bits per heavy atom. The lowest BCUT2D eigenvalue weighted by Gasteiger charge is -2.36. The number of nitrogens with zero attached hydrogens (tertiary/aromatic N) is 3. The molecular weight excluding hydrogens is 318 g/mol. The third-order valence-corrected chi connectivity index (χ3v) is 4.14. The van der Waals surface area contributed by atoms with Crippen LogP contribution < -0.4 is 0 Å². The van der Waals surface area contributed by atoms with Crippen molar-refractivity contribution in [2.45, 2.75) is 45.1 Å². The summed E-state index contributed by atoms with van der Waals surface area (Å²) in [5.41, 5.74) is 0.216. The van der Waals surface area contributed by atoms with Crippen LogP contribution in [0.5, 0.6) is 0 Å². The Kier molecular flexibility index (Phi) is 5.81. The van der Waals surface area contributed by atoms with Gasteiger partial charge in [-0.25, -0.2) is 9.78 Å². The first-order valence-electron chi connectivity index (χ1n) is 7.86. The first kappa shape index (κ1) is 17.9. The monoisotopic (exact) mass is 341 g/mol. The summed E-state index contributed by atoms with van der Waals surface area (Å²) in [7, 11) is 0. The average Bonchev–Trinajstić information content (AvgIpc) is 2.47. The van der Waals surface area contributed by atoms with E-state index in [2.05, 4.69) is 9.97 Å². The minimum absolute atomic E-state index is 0.00781. The molecule has 1 saturated heterocycles. The van der Waals surface area contributed by atoms with Gasteiger partial charge >= 0.3 is 6.09 Å². The number of aromatic nitrogens is 2. The van der Waals surface area contributed by atoms with Gasteiger partial charge in [0.15, 0.2) is 0 Å². The highest BCUT2D eigenvalue weighted by Gasteiger charge is 2.31. The summed E-state index contributed by atoms with van der Waals surface area (Å²) < 4.78 is 5.40. The van der Waals surface area contributed by atoms with Crippen molar-refractivity contribution < 1.29 is 14.6 Å². The van der Waals surface area contributed by atoms with E-state index in [-0.39, 0.29) is 24.5 Å². The highest BCUT2D eigenvalue weighted by Crippen LogP contribution is 2.32. The van der Waals surface area contributed by atoms with Crippen LogP contribution >= 0.6 is 11.6 Å². The Hall–Kier alpha value is -1.40. The van der Waals surface area contributed by atoms with Crippen LogP contribution in [-0.2, 0) is 4.74 Å². The predicted molar refractivity (Wildman–Crippen MR) is 87.4 cm³/mol. The van der Waals surface area contributed by atoms with E-state index in [9.17, 15) is 9.90 Å². The fraction of sp³-hybridized carbons (Fsp3) is 0.688. The van der Waals surface area contributed by atoms with Crippen LogP contribution in [0.1, 0.15) is 45.2 Å². The number of hydrogen-bond acceptors (Lipinski definition) is 5. The lowest BCUT2D eigenvalue weighted by atomic mass is 9.83. The van der Waals surface area contributed by atoms with Gasteiger partial charge in [-0.15, -0.1) is 0 Å². The number of hydrogen-bond donors (Lipinski definition) is 1. The Morgan fingerprint density at radius 1 is 1.43 bits per heavy atom. The minimum Gasteiger partial charge on any atom is -0.444 e. The Labute approximate surface area is 141 Å². The second kappa shape index (κ2) is 7.45. The van der Waals surface area contributed by atoms with Crippen LogP contribution in [0.2, 0.25) is 5.15 Å². The maximum atomic E-state index is 12.1. The van der Waals surface area contributed by atoms with Gasteiger partial charge in [0, 0.05) is 25.2 Å². The SMILES string of the molecule is CC(C)(C)OC(=O)N1CCC(C(CO)c2cncc(Cl)n2)CC1. The Bertz CT molecular complexity index is 540. The number of halogens is 1. The van der Waals surface area contributed by atoms with Crippen molar-refractivity contribution in [1.82, 2.24) is 14.9 Å². The molecule has 23 heavy (non-hydrogen) atoms. The first-order valence-corrected chi connectivity index (χ1v) is 8.24. The van der Waals surface area contributed by atoms with E-state index in [4.69, 9.17) is 16.3 Å². The lowest BCUT2D eigenvalue weighted by molar-refractivity contribution is 0.0164. The normalized spacial score (nSPS) is 17.9. The molecule has 0 aliphatic carbocycles. The summed E-state index contributed by atoms with van der Waals surface area (Å²) in [6.45, 7) is 6.80. The van der Waals surface area contributed by atoms with Crippen LogP contribution in [0.15, 0.2) is 12.4 Å². The van der Waals surface area contributed by atoms with E-state index in [1.807, 2.05) is 20.8 Å². The molecule has 1 fully saturated rings. The average molecular weight is 342 g/mol. The molecule has 1 aromatic rings. The largest absolute Gasteiger partial charge is 0.444 e. The maximum absolute atomic E-state index is 12.1. The summed E-state index contributed by atoms with van der Waals surface area (Å²) in [6.07, 6.45) is 4.42. The minimum atomic E-state index is -0.488. The molecule has 0 spiro atoms. The topological polar surface area (TPSA) is 75.5 Å².